The number of piperidine rings is 1. The van der Waals surface area contributed by atoms with Crippen LogP contribution in [-0.4, -0.2) is 41.4 Å². The maximum atomic E-state index is 11.8. The van der Waals surface area contributed by atoms with E-state index in [1.54, 1.807) is 11.0 Å². The molecule has 0 aromatic heterocycles. The molecule has 1 spiro atoms. The van der Waals surface area contributed by atoms with Gasteiger partial charge >= 0.3 is 6.03 Å². The second-order valence-electron chi connectivity index (χ2n) is 4.70. The molecule has 6 heteroatoms. The Balaban J connectivity index is 1.92. The number of allylic oxidation sites excluding steroid dienone is 1. The Kier molecular flexibility index (Phi) is 3.36. The van der Waals surface area contributed by atoms with E-state index in [4.69, 9.17) is 0 Å². The zero-order chi connectivity index (χ0) is 13.2. The highest BCUT2D eigenvalue weighted by molar-refractivity contribution is 6.07. The van der Waals surface area contributed by atoms with Crippen molar-refractivity contribution in [1.29, 1.82) is 0 Å². The van der Waals surface area contributed by atoms with Gasteiger partial charge in [-0.15, -0.1) is 6.58 Å². The minimum atomic E-state index is -0.799. The van der Waals surface area contributed by atoms with Gasteiger partial charge in [0, 0.05) is 19.5 Å². The zero-order valence-corrected chi connectivity index (χ0v) is 10.2. The summed E-state index contributed by atoms with van der Waals surface area (Å²) in [7, 11) is 0. The van der Waals surface area contributed by atoms with Crippen LogP contribution >= 0.6 is 0 Å². The van der Waals surface area contributed by atoms with Gasteiger partial charge in [-0.05, 0) is 19.3 Å². The highest BCUT2D eigenvalue weighted by Gasteiger charge is 2.48. The van der Waals surface area contributed by atoms with Gasteiger partial charge < -0.3 is 10.2 Å². The number of nitrogens with zero attached hydrogens (tertiary/aromatic N) is 1. The number of nitrogens with one attached hydrogen (secondary N) is 2. The van der Waals surface area contributed by atoms with Gasteiger partial charge in [-0.25, -0.2) is 4.79 Å². The van der Waals surface area contributed by atoms with E-state index >= 15 is 0 Å². The predicted octanol–water partition coefficient (Wildman–Crippen LogP) is 0.153. The number of likely N-dealkylation sites (tertiary alicyclic amines) is 1. The number of carbonyl (C=O) groups is 3. The maximum absolute atomic E-state index is 11.8. The van der Waals surface area contributed by atoms with Crippen LogP contribution in [0.1, 0.15) is 25.7 Å². The fraction of sp³-hybridized carbons (Fsp3) is 0.583. The monoisotopic (exact) mass is 251 g/mol. The average Bonchev–Trinajstić information content (AvgIpc) is 2.62. The van der Waals surface area contributed by atoms with Crippen molar-refractivity contribution in [1.82, 2.24) is 15.5 Å². The van der Waals surface area contributed by atoms with Crippen LogP contribution in [0.3, 0.4) is 0 Å². The summed E-state index contributed by atoms with van der Waals surface area (Å²) in [5.41, 5.74) is -0.799. The lowest BCUT2D eigenvalue weighted by molar-refractivity contribution is -0.135. The van der Waals surface area contributed by atoms with Gasteiger partial charge in [-0.1, -0.05) is 6.08 Å². The van der Waals surface area contributed by atoms with E-state index < -0.39 is 11.6 Å². The Hall–Kier alpha value is -1.85. The Labute approximate surface area is 105 Å². The van der Waals surface area contributed by atoms with Crippen molar-refractivity contribution in [2.75, 3.05) is 13.1 Å². The molecule has 0 aromatic rings. The van der Waals surface area contributed by atoms with Crippen molar-refractivity contribution in [3.05, 3.63) is 12.7 Å². The Morgan fingerprint density at radius 1 is 1.39 bits per heavy atom. The van der Waals surface area contributed by atoms with E-state index in [-0.39, 0.29) is 11.8 Å². The van der Waals surface area contributed by atoms with Gasteiger partial charge in [0.05, 0.1) is 0 Å². The molecule has 2 N–H and O–H groups in total. The third-order valence-corrected chi connectivity index (χ3v) is 3.55. The molecule has 2 saturated heterocycles. The topological polar surface area (TPSA) is 78.5 Å². The first-order chi connectivity index (χ1) is 8.57. The van der Waals surface area contributed by atoms with Crippen LogP contribution in [0.25, 0.3) is 0 Å². The molecule has 0 unspecified atom stereocenters. The second kappa shape index (κ2) is 4.80. The predicted molar refractivity (Wildman–Crippen MR) is 64.7 cm³/mol. The molecule has 18 heavy (non-hydrogen) atoms. The van der Waals surface area contributed by atoms with Crippen LogP contribution in [0.2, 0.25) is 0 Å². The van der Waals surface area contributed by atoms with E-state index in [9.17, 15) is 14.4 Å². The molecule has 0 radical (unpaired) electrons. The van der Waals surface area contributed by atoms with Crippen molar-refractivity contribution in [3.63, 3.8) is 0 Å². The minimum absolute atomic E-state index is 0.0782. The number of hydrogen-bond acceptors (Lipinski definition) is 3. The average molecular weight is 251 g/mol. The molecular weight excluding hydrogens is 234 g/mol. The van der Waals surface area contributed by atoms with E-state index in [1.165, 1.54) is 0 Å². The maximum Gasteiger partial charge on any atom is 0.322 e. The van der Waals surface area contributed by atoms with Crippen molar-refractivity contribution in [2.45, 2.75) is 31.2 Å². The summed E-state index contributed by atoms with van der Waals surface area (Å²) in [6.07, 6.45) is 3.79. The Morgan fingerprint density at radius 3 is 2.56 bits per heavy atom. The normalized spacial score (nSPS) is 21.7. The van der Waals surface area contributed by atoms with Gasteiger partial charge in [0.25, 0.3) is 5.91 Å². The third-order valence-electron chi connectivity index (χ3n) is 3.55. The summed E-state index contributed by atoms with van der Waals surface area (Å²) in [4.78, 5) is 36.4. The van der Waals surface area contributed by atoms with Crippen LogP contribution in [0.15, 0.2) is 12.7 Å². The molecule has 2 aliphatic rings. The summed E-state index contributed by atoms with van der Waals surface area (Å²) in [6, 6.07) is -0.438. The number of rotatable bonds is 3. The van der Waals surface area contributed by atoms with E-state index in [2.05, 4.69) is 17.2 Å². The van der Waals surface area contributed by atoms with Gasteiger partial charge in [-0.2, -0.15) is 0 Å². The number of hydrogen-bond donors (Lipinski definition) is 2. The lowest BCUT2D eigenvalue weighted by Crippen LogP contribution is -2.55. The second-order valence-corrected chi connectivity index (χ2v) is 4.70. The van der Waals surface area contributed by atoms with E-state index in [1.807, 2.05) is 0 Å². The van der Waals surface area contributed by atoms with Crippen molar-refractivity contribution >= 4 is 17.8 Å². The molecule has 4 amide bonds. The van der Waals surface area contributed by atoms with Crippen LogP contribution in [0.4, 0.5) is 4.79 Å². The van der Waals surface area contributed by atoms with Gasteiger partial charge in [0.15, 0.2) is 0 Å². The van der Waals surface area contributed by atoms with Crippen molar-refractivity contribution < 1.29 is 14.4 Å². The zero-order valence-electron chi connectivity index (χ0n) is 10.2. The standard InChI is InChI=1S/C12H17N3O3/c1-2-3-4-9(16)15-7-5-12(6-8-15)10(17)13-11(18)14-12/h2H,1,3-8H2,(H2,13,14,17,18). The third kappa shape index (κ3) is 2.23. The first-order valence-corrected chi connectivity index (χ1v) is 6.10. The summed E-state index contributed by atoms with van der Waals surface area (Å²) in [6.45, 7) is 4.59. The SMILES string of the molecule is C=CCCC(=O)N1CCC2(CC1)NC(=O)NC2=O. The molecule has 0 aromatic carbocycles. The fourth-order valence-electron chi connectivity index (χ4n) is 2.40. The van der Waals surface area contributed by atoms with Crippen molar-refractivity contribution in [3.8, 4) is 0 Å². The largest absolute Gasteiger partial charge is 0.342 e. The smallest absolute Gasteiger partial charge is 0.322 e. The summed E-state index contributed by atoms with van der Waals surface area (Å²) < 4.78 is 0. The number of urea groups is 1. The highest BCUT2D eigenvalue weighted by atomic mass is 16.2. The van der Waals surface area contributed by atoms with Crippen molar-refractivity contribution in [2.24, 2.45) is 0 Å². The van der Waals surface area contributed by atoms with E-state index in [0.717, 1.165) is 0 Å². The fourth-order valence-corrected chi connectivity index (χ4v) is 2.40. The molecule has 0 atom stereocenters. The van der Waals surface area contributed by atoms with Crippen LogP contribution in [-0.2, 0) is 9.59 Å². The lowest BCUT2D eigenvalue weighted by atomic mass is 9.87. The number of carbonyl (C=O) groups excluding carboxylic acids is 3. The Morgan fingerprint density at radius 2 is 2.06 bits per heavy atom. The lowest BCUT2D eigenvalue weighted by Gasteiger charge is -2.37. The summed E-state index contributed by atoms with van der Waals surface area (Å²) in [5, 5.41) is 4.92. The molecule has 2 fully saturated rings. The molecule has 2 rings (SSSR count). The highest BCUT2D eigenvalue weighted by Crippen LogP contribution is 2.25. The molecular formula is C12H17N3O3. The summed E-state index contributed by atoms with van der Waals surface area (Å²) in [5.74, 6) is -0.194. The molecule has 0 aliphatic carbocycles. The Bertz CT molecular complexity index is 397. The minimum Gasteiger partial charge on any atom is -0.342 e. The molecule has 2 aliphatic heterocycles. The molecule has 0 saturated carbocycles. The molecule has 0 bridgehead atoms. The number of amides is 4. The first-order valence-electron chi connectivity index (χ1n) is 6.10. The van der Waals surface area contributed by atoms with Crippen LogP contribution < -0.4 is 10.6 Å². The molecule has 2 heterocycles. The van der Waals surface area contributed by atoms with Gasteiger partial charge in [-0.3, -0.25) is 14.9 Å². The van der Waals surface area contributed by atoms with E-state index in [0.29, 0.717) is 38.8 Å². The molecule has 98 valence electrons. The number of imide groups is 1. The quantitative estimate of drug-likeness (QED) is 0.553. The van der Waals surface area contributed by atoms with Gasteiger partial charge in [0.1, 0.15) is 5.54 Å². The molecule has 6 nitrogen and oxygen atoms in total. The van der Waals surface area contributed by atoms with Crippen LogP contribution in [0.5, 0.6) is 0 Å². The first kappa shape index (κ1) is 12.6. The van der Waals surface area contributed by atoms with Crippen LogP contribution in [0, 0.1) is 0 Å². The van der Waals surface area contributed by atoms with Gasteiger partial charge in [0.2, 0.25) is 5.91 Å². The summed E-state index contributed by atoms with van der Waals surface area (Å²) >= 11 is 0.